The van der Waals surface area contributed by atoms with Gasteiger partial charge in [0.15, 0.2) is 0 Å². The van der Waals surface area contributed by atoms with Crippen LogP contribution < -0.4 is 5.84 Å². The Labute approximate surface area is 142 Å². The van der Waals surface area contributed by atoms with Crippen LogP contribution in [-0.2, 0) is 0 Å². The SMILES string of the molecule is Cc1ccc2cc(C)c(/C(=N/N)c3cc(Br)ccc3O)nc2c1. The molecule has 3 rings (SSSR count). The molecular weight excluding hydrogens is 354 g/mol. The van der Waals surface area contributed by atoms with Crippen LogP contribution in [0.25, 0.3) is 10.9 Å². The Morgan fingerprint density at radius 2 is 1.91 bits per heavy atom. The molecule has 0 unspecified atom stereocenters. The summed E-state index contributed by atoms with van der Waals surface area (Å²) in [5.41, 5.74) is 4.63. The Balaban J connectivity index is 2.24. The first-order valence-electron chi connectivity index (χ1n) is 7.15. The van der Waals surface area contributed by atoms with Crippen molar-refractivity contribution < 1.29 is 5.11 Å². The van der Waals surface area contributed by atoms with Crippen LogP contribution in [0, 0.1) is 13.8 Å². The maximum Gasteiger partial charge on any atom is 0.125 e. The first kappa shape index (κ1) is 15.5. The van der Waals surface area contributed by atoms with E-state index >= 15 is 0 Å². The molecule has 4 nitrogen and oxygen atoms in total. The van der Waals surface area contributed by atoms with Gasteiger partial charge in [0, 0.05) is 15.4 Å². The highest BCUT2D eigenvalue weighted by Crippen LogP contribution is 2.27. The van der Waals surface area contributed by atoms with E-state index in [1.807, 2.05) is 26.0 Å². The Hall–Kier alpha value is -2.40. The standard InChI is InChI=1S/C18H16BrN3O/c1-10-3-4-12-8-11(2)17(21-15(12)7-10)18(22-20)14-9-13(19)5-6-16(14)23/h3-9,23H,20H2,1-2H3/b22-18+. The van der Waals surface area contributed by atoms with Gasteiger partial charge in [-0.15, -0.1) is 0 Å². The maximum absolute atomic E-state index is 10.2. The van der Waals surface area contributed by atoms with E-state index < -0.39 is 0 Å². The van der Waals surface area contributed by atoms with Crippen LogP contribution in [-0.4, -0.2) is 15.8 Å². The molecule has 3 aromatic rings. The fraction of sp³-hybridized carbons (Fsp3) is 0.111. The van der Waals surface area contributed by atoms with Crippen molar-refractivity contribution in [1.29, 1.82) is 0 Å². The normalized spacial score (nSPS) is 11.9. The number of hydrogen-bond acceptors (Lipinski definition) is 4. The highest BCUT2D eigenvalue weighted by molar-refractivity contribution is 9.10. The molecule has 1 aromatic heterocycles. The Kier molecular flexibility index (Phi) is 4.05. The third-order valence-electron chi connectivity index (χ3n) is 3.73. The number of nitrogens with zero attached hydrogens (tertiary/aromatic N) is 2. The van der Waals surface area contributed by atoms with Crippen molar-refractivity contribution in [1.82, 2.24) is 4.98 Å². The monoisotopic (exact) mass is 369 g/mol. The summed E-state index contributed by atoms with van der Waals surface area (Å²) in [6.45, 7) is 3.99. The number of hydrazone groups is 1. The topological polar surface area (TPSA) is 71.5 Å². The number of pyridine rings is 1. The smallest absolute Gasteiger partial charge is 0.125 e. The number of halogens is 1. The van der Waals surface area contributed by atoms with Crippen molar-refractivity contribution in [2.45, 2.75) is 13.8 Å². The predicted octanol–water partition coefficient (Wildman–Crippen LogP) is 4.03. The molecule has 2 aromatic carbocycles. The highest BCUT2D eigenvalue weighted by atomic mass is 79.9. The van der Waals surface area contributed by atoms with E-state index in [0.29, 0.717) is 17.0 Å². The van der Waals surface area contributed by atoms with E-state index in [-0.39, 0.29) is 5.75 Å². The molecule has 0 bridgehead atoms. The van der Waals surface area contributed by atoms with Crippen LogP contribution >= 0.6 is 15.9 Å². The van der Waals surface area contributed by atoms with E-state index in [1.165, 1.54) is 0 Å². The van der Waals surface area contributed by atoms with Crippen LogP contribution in [0.2, 0.25) is 0 Å². The molecule has 116 valence electrons. The van der Waals surface area contributed by atoms with Gasteiger partial charge in [-0.25, -0.2) is 4.98 Å². The van der Waals surface area contributed by atoms with E-state index in [4.69, 9.17) is 10.8 Å². The summed E-state index contributed by atoms with van der Waals surface area (Å²) >= 11 is 3.41. The summed E-state index contributed by atoms with van der Waals surface area (Å²) in [6.07, 6.45) is 0. The summed E-state index contributed by atoms with van der Waals surface area (Å²) in [5, 5.41) is 15.1. The molecule has 0 aliphatic heterocycles. The van der Waals surface area contributed by atoms with Gasteiger partial charge < -0.3 is 10.9 Å². The van der Waals surface area contributed by atoms with E-state index in [2.05, 4.69) is 33.2 Å². The quantitative estimate of drug-likeness (QED) is 0.406. The maximum atomic E-state index is 10.2. The minimum atomic E-state index is 0.114. The number of fused-ring (bicyclic) bond motifs is 1. The average Bonchev–Trinajstić information content (AvgIpc) is 2.52. The summed E-state index contributed by atoms with van der Waals surface area (Å²) in [4.78, 5) is 4.72. The minimum Gasteiger partial charge on any atom is -0.507 e. The van der Waals surface area contributed by atoms with Crippen LogP contribution in [0.4, 0.5) is 0 Å². The summed E-state index contributed by atoms with van der Waals surface area (Å²) in [7, 11) is 0. The average molecular weight is 370 g/mol. The lowest BCUT2D eigenvalue weighted by molar-refractivity contribution is 0.474. The number of aromatic nitrogens is 1. The first-order valence-corrected chi connectivity index (χ1v) is 7.94. The second-order valence-corrected chi connectivity index (χ2v) is 6.40. The zero-order chi connectivity index (χ0) is 16.6. The zero-order valence-corrected chi connectivity index (χ0v) is 14.4. The van der Waals surface area contributed by atoms with E-state index in [9.17, 15) is 5.11 Å². The lowest BCUT2D eigenvalue weighted by Gasteiger charge is -2.12. The summed E-state index contributed by atoms with van der Waals surface area (Å²) in [6, 6.07) is 13.3. The number of nitrogens with two attached hydrogens (primary N) is 1. The molecule has 5 heteroatoms. The van der Waals surface area contributed by atoms with Crippen molar-refractivity contribution in [3.05, 3.63) is 69.3 Å². The third kappa shape index (κ3) is 2.92. The molecule has 3 N–H and O–H groups in total. The van der Waals surface area contributed by atoms with Gasteiger partial charge in [0.1, 0.15) is 11.5 Å². The molecule has 0 aliphatic rings. The van der Waals surface area contributed by atoms with Gasteiger partial charge in [-0.3, -0.25) is 0 Å². The van der Waals surface area contributed by atoms with Gasteiger partial charge in [-0.1, -0.05) is 28.1 Å². The van der Waals surface area contributed by atoms with Crippen molar-refractivity contribution in [3.63, 3.8) is 0 Å². The minimum absolute atomic E-state index is 0.114. The van der Waals surface area contributed by atoms with E-state index in [1.54, 1.807) is 18.2 Å². The number of rotatable bonds is 2. The van der Waals surface area contributed by atoms with Gasteiger partial charge in [0.05, 0.1) is 11.2 Å². The Morgan fingerprint density at radius 1 is 1.13 bits per heavy atom. The Bertz CT molecular complexity index is 935. The molecule has 0 spiro atoms. The molecule has 0 saturated heterocycles. The molecule has 1 heterocycles. The number of benzene rings is 2. The zero-order valence-electron chi connectivity index (χ0n) is 12.8. The van der Waals surface area contributed by atoms with Gasteiger partial charge in [-0.05, 0) is 55.3 Å². The molecule has 0 aliphatic carbocycles. The van der Waals surface area contributed by atoms with Gasteiger partial charge in [-0.2, -0.15) is 5.10 Å². The van der Waals surface area contributed by atoms with Crippen molar-refractivity contribution in [2.24, 2.45) is 10.9 Å². The molecule has 0 atom stereocenters. The fourth-order valence-corrected chi connectivity index (χ4v) is 2.94. The summed E-state index contributed by atoms with van der Waals surface area (Å²) < 4.78 is 0.834. The lowest BCUT2D eigenvalue weighted by atomic mass is 10.0. The first-order chi connectivity index (χ1) is 11.0. The van der Waals surface area contributed by atoms with Gasteiger partial charge >= 0.3 is 0 Å². The molecular formula is C18H16BrN3O. The number of phenols is 1. The third-order valence-corrected chi connectivity index (χ3v) is 4.22. The summed E-state index contributed by atoms with van der Waals surface area (Å²) in [5.74, 6) is 5.73. The second-order valence-electron chi connectivity index (χ2n) is 5.49. The molecule has 0 amide bonds. The number of aryl methyl sites for hydroxylation is 2. The van der Waals surface area contributed by atoms with Crippen molar-refractivity contribution in [3.8, 4) is 5.75 Å². The molecule has 0 saturated carbocycles. The lowest BCUT2D eigenvalue weighted by Crippen LogP contribution is -2.11. The van der Waals surface area contributed by atoms with Crippen LogP contribution in [0.1, 0.15) is 22.4 Å². The second kappa shape index (κ2) is 6.01. The van der Waals surface area contributed by atoms with Crippen LogP contribution in [0.5, 0.6) is 5.75 Å². The van der Waals surface area contributed by atoms with Gasteiger partial charge in [0.25, 0.3) is 0 Å². The fourth-order valence-electron chi connectivity index (χ4n) is 2.58. The number of phenolic OH excluding ortho intramolecular Hbond substituents is 1. The number of hydrogen-bond donors (Lipinski definition) is 2. The largest absolute Gasteiger partial charge is 0.507 e. The Morgan fingerprint density at radius 3 is 2.65 bits per heavy atom. The van der Waals surface area contributed by atoms with E-state index in [0.717, 1.165) is 26.5 Å². The van der Waals surface area contributed by atoms with Gasteiger partial charge in [0.2, 0.25) is 0 Å². The van der Waals surface area contributed by atoms with Crippen molar-refractivity contribution in [2.75, 3.05) is 0 Å². The predicted molar refractivity (Wildman–Crippen MR) is 96.9 cm³/mol. The van der Waals surface area contributed by atoms with Crippen LogP contribution in [0.15, 0.2) is 52.0 Å². The molecule has 0 radical (unpaired) electrons. The molecule has 0 fully saturated rings. The molecule has 23 heavy (non-hydrogen) atoms. The number of aromatic hydroxyl groups is 1. The van der Waals surface area contributed by atoms with Crippen molar-refractivity contribution >= 4 is 32.5 Å². The highest BCUT2D eigenvalue weighted by Gasteiger charge is 2.16. The van der Waals surface area contributed by atoms with Crippen LogP contribution in [0.3, 0.4) is 0 Å².